The van der Waals surface area contributed by atoms with Gasteiger partial charge in [0.1, 0.15) is 17.5 Å². The second-order valence-electron chi connectivity index (χ2n) is 7.94. The standard InChI is InChI=1S/C21H34N6/c1-5-8-19-15-20(24-17(2)23-19)27-12-6-9-18(16-27)21-22-10-14-26(21)13-7-11-25(3)4/h10,14-15,18H,5-9,11-13,16H2,1-4H3/t18-/m1/s1. The van der Waals surface area contributed by atoms with E-state index in [1.165, 1.54) is 18.7 Å². The maximum absolute atomic E-state index is 4.73. The quantitative estimate of drug-likeness (QED) is 0.714. The molecule has 148 valence electrons. The summed E-state index contributed by atoms with van der Waals surface area (Å²) in [6.45, 7) is 8.41. The number of nitrogens with zero attached hydrogens (tertiary/aromatic N) is 6. The lowest BCUT2D eigenvalue weighted by Crippen LogP contribution is -2.36. The van der Waals surface area contributed by atoms with Crippen LogP contribution < -0.4 is 4.90 Å². The second-order valence-corrected chi connectivity index (χ2v) is 7.94. The molecule has 1 aliphatic heterocycles. The van der Waals surface area contributed by atoms with Crippen molar-refractivity contribution in [3.63, 3.8) is 0 Å². The van der Waals surface area contributed by atoms with Gasteiger partial charge in [-0.1, -0.05) is 13.3 Å². The van der Waals surface area contributed by atoms with E-state index in [1.807, 2.05) is 13.1 Å². The highest BCUT2D eigenvalue weighted by molar-refractivity contribution is 5.41. The summed E-state index contributed by atoms with van der Waals surface area (Å²) in [4.78, 5) is 18.7. The van der Waals surface area contributed by atoms with Crippen molar-refractivity contribution in [2.75, 3.05) is 38.6 Å². The Morgan fingerprint density at radius 2 is 2.11 bits per heavy atom. The first kappa shape index (κ1) is 19.8. The molecule has 1 aliphatic rings. The van der Waals surface area contributed by atoms with Crippen LogP contribution in [-0.2, 0) is 13.0 Å². The highest BCUT2D eigenvalue weighted by Crippen LogP contribution is 2.29. The van der Waals surface area contributed by atoms with Gasteiger partial charge in [0.05, 0.1) is 0 Å². The van der Waals surface area contributed by atoms with E-state index in [0.717, 1.165) is 62.8 Å². The molecule has 1 fully saturated rings. The first-order chi connectivity index (χ1) is 13.1. The third-order valence-corrected chi connectivity index (χ3v) is 5.25. The third-order valence-electron chi connectivity index (χ3n) is 5.25. The summed E-state index contributed by atoms with van der Waals surface area (Å²) < 4.78 is 2.35. The van der Waals surface area contributed by atoms with Crippen molar-refractivity contribution in [2.45, 2.75) is 58.4 Å². The third kappa shape index (κ3) is 5.28. The zero-order chi connectivity index (χ0) is 19.2. The molecule has 2 aromatic heterocycles. The molecule has 0 aromatic carbocycles. The minimum atomic E-state index is 0.470. The van der Waals surface area contributed by atoms with E-state index >= 15 is 0 Å². The maximum atomic E-state index is 4.73. The maximum Gasteiger partial charge on any atom is 0.132 e. The smallest absolute Gasteiger partial charge is 0.132 e. The lowest BCUT2D eigenvalue weighted by atomic mass is 9.97. The van der Waals surface area contributed by atoms with Gasteiger partial charge >= 0.3 is 0 Å². The number of aromatic nitrogens is 4. The summed E-state index contributed by atoms with van der Waals surface area (Å²) in [5.74, 6) is 3.67. The molecule has 0 amide bonds. The Balaban J connectivity index is 1.71. The molecule has 6 heteroatoms. The summed E-state index contributed by atoms with van der Waals surface area (Å²) in [5.41, 5.74) is 1.16. The largest absolute Gasteiger partial charge is 0.356 e. The lowest BCUT2D eigenvalue weighted by molar-refractivity contribution is 0.380. The van der Waals surface area contributed by atoms with Crippen LogP contribution in [0.1, 0.15) is 55.9 Å². The molecule has 0 aliphatic carbocycles. The number of imidazole rings is 1. The molecule has 0 saturated carbocycles. The summed E-state index contributed by atoms with van der Waals surface area (Å²) in [6, 6.07) is 2.18. The second kappa shape index (κ2) is 9.31. The zero-order valence-electron chi connectivity index (χ0n) is 17.4. The summed E-state index contributed by atoms with van der Waals surface area (Å²) in [5, 5.41) is 0. The average molecular weight is 371 g/mol. The molecule has 0 bridgehead atoms. The van der Waals surface area contributed by atoms with Crippen molar-refractivity contribution in [1.29, 1.82) is 0 Å². The van der Waals surface area contributed by atoms with Crippen molar-refractivity contribution < 1.29 is 0 Å². The van der Waals surface area contributed by atoms with Crippen molar-refractivity contribution in [3.05, 3.63) is 35.8 Å². The number of hydrogen-bond acceptors (Lipinski definition) is 5. The van der Waals surface area contributed by atoms with Crippen LogP contribution in [0.15, 0.2) is 18.5 Å². The Labute approximate surface area is 163 Å². The van der Waals surface area contributed by atoms with Crippen molar-refractivity contribution >= 4 is 5.82 Å². The van der Waals surface area contributed by atoms with E-state index in [0.29, 0.717) is 5.92 Å². The monoisotopic (exact) mass is 370 g/mol. The van der Waals surface area contributed by atoms with Crippen LogP contribution in [0.4, 0.5) is 5.82 Å². The molecule has 1 saturated heterocycles. The minimum absolute atomic E-state index is 0.470. The Hall–Kier alpha value is -1.95. The molecule has 27 heavy (non-hydrogen) atoms. The van der Waals surface area contributed by atoms with Gasteiger partial charge < -0.3 is 14.4 Å². The van der Waals surface area contributed by atoms with E-state index in [4.69, 9.17) is 9.97 Å². The van der Waals surface area contributed by atoms with E-state index in [1.54, 1.807) is 0 Å². The topological polar surface area (TPSA) is 50.1 Å². The Bertz CT molecular complexity index is 723. The summed E-state index contributed by atoms with van der Waals surface area (Å²) in [7, 11) is 4.26. The highest BCUT2D eigenvalue weighted by Gasteiger charge is 2.25. The predicted octanol–water partition coefficient (Wildman–Crippen LogP) is 3.27. The molecule has 2 aromatic rings. The van der Waals surface area contributed by atoms with Crippen molar-refractivity contribution in [1.82, 2.24) is 24.4 Å². The van der Waals surface area contributed by atoms with E-state index in [2.05, 4.69) is 52.6 Å². The first-order valence-corrected chi connectivity index (χ1v) is 10.3. The molecule has 0 radical (unpaired) electrons. The van der Waals surface area contributed by atoms with Crippen LogP contribution in [0.3, 0.4) is 0 Å². The van der Waals surface area contributed by atoms with Gasteiger partial charge in [0, 0.05) is 49.7 Å². The fourth-order valence-electron chi connectivity index (χ4n) is 3.98. The Morgan fingerprint density at radius 3 is 2.89 bits per heavy atom. The fraction of sp³-hybridized carbons (Fsp3) is 0.667. The normalized spacial score (nSPS) is 17.7. The van der Waals surface area contributed by atoms with Gasteiger partial charge in [-0.3, -0.25) is 0 Å². The van der Waals surface area contributed by atoms with Crippen LogP contribution >= 0.6 is 0 Å². The first-order valence-electron chi connectivity index (χ1n) is 10.3. The van der Waals surface area contributed by atoms with Gasteiger partial charge in [-0.2, -0.15) is 0 Å². The minimum Gasteiger partial charge on any atom is -0.356 e. The van der Waals surface area contributed by atoms with E-state index in [-0.39, 0.29) is 0 Å². The van der Waals surface area contributed by atoms with Gasteiger partial charge in [-0.25, -0.2) is 15.0 Å². The van der Waals surface area contributed by atoms with Gasteiger partial charge in [0.25, 0.3) is 0 Å². The van der Waals surface area contributed by atoms with Crippen molar-refractivity contribution in [2.24, 2.45) is 0 Å². The Morgan fingerprint density at radius 1 is 1.26 bits per heavy atom. The van der Waals surface area contributed by atoms with Gasteiger partial charge in [0.15, 0.2) is 0 Å². The van der Waals surface area contributed by atoms with Gasteiger partial charge in [-0.05, 0) is 53.2 Å². The number of piperidine rings is 1. The molecular formula is C21H34N6. The summed E-state index contributed by atoms with van der Waals surface area (Å²) >= 11 is 0. The Kier molecular flexibility index (Phi) is 6.83. The molecule has 3 rings (SSSR count). The molecule has 1 atom stereocenters. The number of hydrogen-bond donors (Lipinski definition) is 0. The van der Waals surface area contributed by atoms with Crippen LogP contribution in [0.2, 0.25) is 0 Å². The van der Waals surface area contributed by atoms with E-state index in [9.17, 15) is 0 Å². The lowest BCUT2D eigenvalue weighted by Gasteiger charge is -2.33. The number of aryl methyl sites for hydroxylation is 3. The highest BCUT2D eigenvalue weighted by atomic mass is 15.2. The van der Waals surface area contributed by atoms with Crippen molar-refractivity contribution in [3.8, 4) is 0 Å². The summed E-state index contributed by atoms with van der Waals surface area (Å²) in [6.07, 6.45) is 9.76. The van der Waals surface area contributed by atoms with Gasteiger partial charge in [0.2, 0.25) is 0 Å². The number of anilines is 1. The molecular weight excluding hydrogens is 336 g/mol. The molecule has 6 nitrogen and oxygen atoms in total. The van der Waals surface area contributed by atoms with E-state index < -0.39 is 0 Å². The molecule has 0 unspecified atom stereocenters. The average Bonchev–Trinajstić information content (AvgIpc) is 3.10. The SMILES string of the molecule is CCCc1cc(N2CCC[C@@H](c3nccn3CCCN(C)C)C2)nc(C)n1. The number of rotatable bonds is 8. The predicted molar refractivity (Wildman–Crippen MR) is 110 cm³/mol. The van der Waals surface area contributed by atoms with Crippen LogP contribution in [0.25, 0.3) is 0 Å². The van der Waals surface area contributed by atoms with Crippen LogP contribution in [0.5, 0.6) is 0 Å². The van der Waals surface area contributed by atoms with Crippen LogP contribution in [0, 0.1) is 6.92 Å². The zero-order valence-corrected chi connectivity index (χ0v) is 17.4. The molecule has 3 heterocycles. The van der Waals surface area contributed by atoms with Gasteiger partial charge in [-0.15, -0.1) is 0 Å². The molecule has 0 spiro atoms. The van der Waals surface area contributed by atoms with Crippen LogP contribution in [-0.4, -0.2) is 58.1 Å². The molecule has 0 N–H and O–H groups in total. The fourth-order valence-corrected chi connectivity index (χ4v) is 3.98.